The summed E-state index contributed by atoms with van der Waals surface area (Å²) in [6.45, 7) is 10.4. The number of aryl methyl sites for hydroxylation is 1. The Bertz CT molecular complexity index is 1320. The molecule has 0 aliphatic heterocycles. The molecule has 0 saturated heterocycles. The van der Waals surface area contributed by atoms with Crippen LogP contribution in [-0.2, 0) is 10.2 Å². The molecule has 0 spiro atoms. The monoisotopic (exact) mass is 487 g/mol. The van der Waals surface area contributed by atoms with E-state index in [4.69, 9.17) is 4.42 Å². The number of thioether (sulfide) groups is 1. The highest BCUT2D eigenvalue weighted by Crippen LogP contribution is 2.30. The molecule has 0 fully saturated rings. The van der Waals surface area contributed by atoms with Crippen LogP contribution in [0.3, 0.4) is 0 Å². The molecule has 8 heteroatoms. The van der Waals surface area contributed by atoms with Gasteiger partial charge in [0.15, 0.2) is 11.0 Å². The molecular formula is C27H29N5O2S. The van der Waals surface area contributed by atoms with Gasteiger partial charge in [-0.15, -0.1) is 10.2 Å². The van der Waals surface area contributed by atoms with Crippen LogP contribution >= 0.6 is 11.8 Å². The van der Waals surface area contributed by atoms with Crippen molar-refractivity contribution in [3.63, 3.8) is 0 Å². The van der Waals surface area contributed by atoms with E-state index in [-0.39, 0.29) is 17.1 Å². The first-order chi connectivity index (χ1) is 16.7. The third kappa shape index (κ3) is 5.89. The number of benzene rings is 2. The number of nitrogens with one attached hydrogen (secondary N) is 1. The third-order valence-electron chi connectivity index (χ3n) is 5.49. The van der Waals surface area contributed by atoms with E-state index in [0.29, 0.717) is 16.6 Å². The van der Waals surface area contributed by atoms with Crippen molar-refractivity contribution in [2.45, 2.75) is 45.2 Å². The zero-order valence-electron chi connectivity index (χ0n) is 20.6. The summed E-state index contributed by atoms with van der Waals surface area (Å²) in [6, 6.07) is 20.1. The van der Waals surface area contributed by atoms with Crippen molar-refractivity contribution in [3.8, 4) is 17.1 Å². The lowest BCUT2D eigenvalue weighted by Gasteiger charge is -2.19. The maximum Gasteiger partial charge on any atom is 0.250 e. The number of carbonyl (C=O) groups is 1. The average molecular weight is 488 g/mol. The van der Waals surface area contributed by atoms with E-state index in [2.05, 4.69) is 77.9 Å². The van der Waals surface area contributed by atoms with Gasteiger partial charge in [-0.1, -0.05) is 74.5 Å². The molecule has 0 aliphatic rings. The topological polar surface area (TPSA) is 85.3 Å². The summed E-state index contributed by atoms with van der Waals surface area (Å²) in [5, 5.41) is 13.6. The average Bonchev–Trinajstić information content (AvgIpc) is 3.52. The first kappa shape index (κ1) is 24.5. The van der Waals surface area contributed by atoms with E-state index >= 15 is 0 Å². The van der Waals surface area contributed by atoms with Crippen molar-refractivity contribution in [2.75, 3.05) is 5.75 Å². The standard InChI is InChI=1S/C27H29N5O2S/c1-18-8-14-22(15-9-18)32-25(20-10-12-21(13-11-20)27(3,4)5)30-31-26(32)35-17-24(33)29-28-19(2)23-7-6-16-34-23/h6-16H,17H2,1-5H3,(H,29,33). The molecule has 1 amide bonds. The number of amides is 1. The summed E-state index contributed by atoms with van der Waals surface area (Å²) in [4.78, 5) is 12.5. The molecule has 4 aromatic rings. The molecule has 2 aromatic carbocycles. The van der Waals surface area contributed by atoms with E-state index in [1.807, 2.05) is 23.6 Å². The zero-order valence-corrected chi connectivity index (χ0v) is 21.4. The second-order valence-corrected chi connectivity index (χ2v) is 10.2. The van der Waals surface area contributed by atoms with Crippen LogP contribution in [0.5, 0.6) is 0 Å². The second-order valence-electron chi connectivity index (χ2n) is 9.30. The molecule has 0 saturated carbocycles. The van der Waals surface area contributed by atoms with Crippen LogP contribution < -0.4 is 5.43 Å². The first-order valence-electron chi connectivity index (χ1n) is 11.4. The van der Waals surface area contributed by atoms with Crippen LogP contribution in [0.1, 0.15) is 44.6 Å². The highest BCUT2D eigenvalue weighted by Gasteiger charge is 2.19. The molecule has 4 rings (SSSR count). The van der Waals surface area contributed by atoms with Gasteiger partial charge in [-0.25, -0.2) is 5.43 Å². The fraction of sp³-hybridized carbons (Fsp3) is 0.259. The Morgan fingerprint density at radius 1 is 1.06 bits per heavy atom. The number of hydrazone groups is 1. The lowest BCUT2D eigenvalue weighted by atomic mass is 9.87. The zero-order chi connectivity index (χ0) is 25.0. The molecule has 0 radical (unpaired) electrons. The fourth-order valence-corrected chi connectivity index (χ4v) is 4.19. The van der Waals surface area contributed by atoms with Gasteiger partial charge in [-0.05, 0) is 49.1 Å². The quantitative estimate of drug-likeness (QED) is 0.203. The number of furan rings is 1. The molecule has 180 valence electrons. The lowest BCUT2D eigenvalue weighted by molar-refractivity contribution is -0.118. The summed E-state index contributed by atoms with van der Waals surface area (Å²) in [5.74, 6) is 1.24. The molecule has 2 aromatic heterocycles. The first-order valence-corrected chi connectivity index (χ1v) is 12.3. The second kappa shape index (κ2) is 10.3. The van der Waals surface area contributed by atoms with Crippen LogP contribution in [0.4, 0.5) is 0 Å². The highest BCUT2D eigenvalue weighted by molar-refractivity contribution is 7.99. The van der Waals surface area contributed by atoms with Gasteiger partial charge in [0.1, 0.15) is 11.5 Å². The van der Waals surface area contributed by atoms with Crippen molar-refractivity contribution in [1.29, 1.82) is 0 Å². The van der Waals surface area contributed by atoms with Crippen LogP contribution in [0.2, 0.25) is 0 Å². The Labute approximate surface area is 209 Å². The Morgan fingerprint density at radius 3 is 2.40 bits per heavy atom. The molecular weight excluding hydrogens is 458 g/mol. The normalized spacial score (nSPS) is 12.1. The summed E-state index contributed by atoms with van der Waals surface area (Å²) in [7, 11) is 0. The molecule has 1 N–H and O–H groups in total. The van der Waals surface area contributed by atoms with Crippen LogP contribution in [0.15, 0.2) is 81.6 Å². The van der Waals surface area contributed by atoms with E-state index in [1.54, 1.807) is 25.3 Å². The van der Waals surface area contributed by atoms with Crippen LogP contribution in [-0.4, -0.2) is 32.1 Å². The number of rotatable bonds is 7. The van der Waals surface area contributed by atoms with Crippen molar-refractivity contribution in [1.82, 2.24) is 20.2 Å². The summed E-state index contributed by atoms with van der Waals surface area (Å²) < 4.78 is 7.28. The van der Waals surface area contributed by atoms with Gasteiger partial charge in [-0.2, -0.15) is 5.10 Å². The van der Waals surface area contributed by atoms with Gasteiger partial charge in [0.05, 0.1) is 12.0 Å². The van der Waals surface area contributed by atoms with Gasteiger partial charge in [0.2, 0.25) is 0 Å². The van der Waals surface area contributed by atoms with Gasteiger partial charge < -0.3 is 4.42 Å². The molecule has 0 aliphatic carbocycles. The summed E-state index contributed by atoms with van der Waals surface area (Å²) in [5.41, 5.74) is 7.54. The molecule has 7 nitrogen and oxygen atoms in total. The molecule has 0 unspecified atom stereocenters. The Kier molecular flexibility index (Phi) is 7.21. The van der Waals surface area contributed by atoms with Crippen molar-refractivity contribution >= 4 is 23.4 Å². The maximum absolute atomic E-state index is 12.5. The van der Waals surface area contributed by atoms with Crippen molar-refractivity contribution < 1.29 is 9.21 Å². The summed E-state index contributed by atoms with van der Waals surface area (Å²) in [6.07, 6.45) is 1.57. The highest BCUT2D eigenvalue weighted by atomic mass is 32.2. The smallest absolute Gasteiger partial charge is 0.250 e. The van der Waals surface area contributed by atoms with Crippen molar-refractivity contribution in [2.24, 2.45) is 5.10 Å². The fourth-order valence-electron chi connectivity index (χ4n) is 3.44. The van der Waals surface area contributed by atoms with Gasteiger partial charge in [0.25, 0.3) is 5.91 Å². The Morgan fingerprint density at radius 2 is 1.77 bits per heavy atom. The van der Waals surface area contributed by atoms with E-state index in [0.717, 1.165) is 22.6 Å². The Hall–Kier alpha value is -3.65. The van der Waals surface area contributed by atoms with E-state index in [9.17, 15) is 4.79 Å². The van der Waals surface area contributed by atoms with Crippen LogP contribution in [0.25, 0.3) is 17.1 Å². The molecule has 0 atom stereocenters. The molecule has 35 heavy (non-hydrogen) atoms. The number of hydrogen-bond donors (Lipinski definition) is 1. The minimum Gasteiger partial charge on any atom is -0.463 e. The summed E-state index contributed by atoms with van der Waals surface area (Å²) >= 11 is 1.31. The maximum atomic E-state index is 12.5. The van der Waals surface area contributed by atoms with Crippen LogP contribution in [0, 0.1) is 6.92 Å². The van der Waals surface area contributed by atoms with E-state index in [1.165, 1.54) is 17.3 Å². The van der Waals surface area contributed by atoms with Gasteiger partial charge >= 0.3 is 0 Å². The number of aromatic nitrogens is 3. The SMILES string of the molecule is CC(=NNC(=O)CSc1nnc(-c2ccc(C(C)(C)C)cc2)n1-c1ccc(C)cc1)c1ccco1. The molecule has 0 bridgehead atoms. The van der Waals surface area contributed by atoms with E-state index < -0.39 is 0 Å². The molecule has 2 heterocycles. The predicted octanol–water partition coefficient (Wildman–Crippen LogP) is 5.77. The lowest BCUT2D eigenvalue weighted by Crippen LogP contribution is -2.21. The number of nitrogens with zero attached hydrogens (tertiary/aromatic N) is 4. The largest absolute Gasteiger partial charge is 0.463 e. The van der Waals surface area contributed by atoms with Gasteiger partial charge in [0, 0.05) is 11.3 Å². The minimum atomic E-state index is -0.240. The third-order valence-corrected chi connectivity index (χ3v) is 6.42. The number of carbonyl (C=O) groups excluding carboxylic acids is 1. The van der Waals surface area contributed by atoms with Crippen molar-refractivity contribution in [3.05, 3.63) is 83.8 Å². The number of hydrogen-bond acceptors (Lipinski definition) is 6. The Balaban J connectivity index is 1.57. The van der Waals surface area contributed by atoms with Gasteiger partial charge in [-0.3, -0.25) is 9.36 Å². The minimum absolute atomic E-state index is 0.0648. The predicted molar refractivity (Wildman–Crippen MR) is 140 cm³/mol.